The summed E-state index contributed by atoms with van der Waals surface area (Å²) >= 11 is 0. The fraction of sp³-hybridized carbons (Fsp3) is 0.467. The molecule has 1 aromatic rings. The molecule has 21 heavy (non-hydrogen) atoms. The first-order chi connectivity index (χ1) is 10.1. The minimum Gasteiger partial charge on any atom is -0.480 e. The average molecular weight is 292 g/mol. The number of carbonyl (C=O) groups is 2. The molecule has 0 saturated carbocycles. The molecule has 1 aliphatic rings. The lowest BCUT2D eigenvalue weighted by Crippen LogP contribution is -2.48. The number of hydrogen-bond donors (Lipinski definition) is 2. The van der Waals surface area contributed by atoms with E-state index in [2.05, 4.69) is 5.32 Å². The van der Waals surface area contributed by atoms with E-state index < -0.39 is 12.0 Å². The summed E-state index contributed by atoms with van der Waals surface area (Å²) in [4.78, 5) is 25.0. The molecule has 2 amide bonds. The van der Waals surface area contributed by atoms with Crippen LogP contribution in [0.25, 0.3) is 0 Å². The maximum absolute atomic E-state index is 12.3. The van der Waals surface area contributed by atoms with E-state index in [1.165, 1.54) is 4.90 Å². The Morgan fingerprint density at radius 3 is 2.90 bits per heavy atom. The van der Waals surface area contributed by atoms with Crippen molar-refractivity contribution in [2.24, 2.45) is 0 Å². The number of aliphatic carboxylic acids is 1. The van der Waals surface area contributed by atoms with Crippen LogP contribution in [0.3, 0.4) is 0 Å². The van der Waals surface area contributed by atoms with Crippen LogP contribution in [0, 0.1) is 0 Å². The number of nitrogens with zero attached hydrogens (tertiary/aromatic N) is 1. The molecule has 0 bridgehead atoms. The Bertz CT molecular complexity index is 518. The van der Waals surface area contributed by atoms with Crippen molar-refractivity contribution in [2.75, 3.05) is 24.7 Å². The van der Waals surface area contributed by atoms with Gasteiger partial charge in [-0.2, -0.15) is 0 Å². The molecule has 0 aromatic heterocycles. The van der Waals surface area contributed by atoms with Crippen LogP contribution in [0.1, 0.15) is 18.9 Å². The highest BCUT2D eigenvalue weighted by atomic mass is 16.5. The van der Waals surface area contributed by atoms with Gasteiger partial charge in [0.25, 0.3) is 0 Å². The van der Waals surface area contributed by atoms with Crippen molar-refractivity contribution in [3.8, 4) is 0 Å². The summed E-state index contributed by atoms with van der Waals surface area (Å²) in [5, 5.41) is 12.1. The Labute approximate surface area is 123 Å². The number of benzene rings is 1. The molecule has 1 aliphatic heterocycles. The van der Waals surface area contributed by atoms with Crippen molar-refractivity contribution in [3.05, 3.63) is 29.8 Å². The maximum atomic E-state index is 12.3. The third kappa shape index (κ3) is 3.52. The van der Waals surface area contributed by atoms with E-state index in [4.69, 9.17) is 4.74 Å². The van der Waals surface area contributed by atoms with Crippen LogP contribution < -0.4 is 10.2 Å². The summed E-state index contributed by atoms with van der Waals surface area (Å²) < 4.78 is 5.20. The van der Waals surface area contributed by atoms with Gasteiger partial charge in [-0.25, -0.2) is 9.59 Å². The number of amides is 2. The van der Waals surface area contributed by atoms with Gasteiger partial charge in [0, 0.05) is 31.9 Å². The number of carboxylic acids is 1. The maximum Gasteiger partial charge on any atom is 0.327 e. The molecule has 0 fully saturated rings. The normalized spacial score (nSPS) is 16.6. The van der Waals surface area contributed by atoms with Gasteiger partial charge in [-0.1, -0.05) is 18.2 Å². The highest BCUT2D eigenvalue weighted by Gasteiger charge is 2.38. The van der Waals surface area contributed by atoms with Gasteiger partial charge in [0.05, 0.1) is 0 Å². The van der Waals surface area contributed by atoms with Crippen LogP contribution in [-0.2, 0) is 16.0 Å². The number of carboxylic acid groups (broad SMARTS) is 1. The van der Waals surface area contributed by atoms with Gasteiger partial charge in [0.1, 0.15) is 6.04 Å². The first-order valence-electron chi connectivity index (χ1n) is 7.10. The van der Waals surface area contributed by atoms with Gasteiger partial charge in [-0.05, 0) is 25.0 Å². The molecule has 0 radical (unpaired) electrons. The third-order valence-electron chi connectivity index (χ3n) is 3.43. The molecule has 1 unspecified atom stereocenters. The van der Waals surface area contributed by atoms with Gasteiger partial charge in [0.2, 0.25) is 0 Å². The summed E-state index contributed by atoms with van der Waals surface area (Å²) in [7, 11) is 0. The first-order valence-corrected chi connectivity index (χ1v) is 7.10. The van der Waals surface area contributed by atoms with Gasteiger partial charge in [-0.3, -0.25) is 4.90 Å². The van der Waals surface area contributed by atoms with Gasteiger partial charge in [-0.15, -0.1) is 0 Å². The molecular formula is C15H20N2O4. The monoisotopic (exact) mass is 292 g/mol. The number of nitrogens with one attached hydrogen (secondary N) is 1. The quantitative estimate of drug-likeness (QED) is 0.781. The Morgan fingerprint density at radius 2 is 2.19 bits per heavy atom. The summed E-state index contributed by atoms with van der Waals surface area (Å²) in [5.74, 6) is -0.990. The molecule has 2 rings (SSSR count). The second-order valence-corrected chi connectivity index (χ2v) is 4.84. The fourth-order valence-electron chi connectivity index (χ4n) is 2.43. The third-order valence-corrected chi connectivity index (χ3v) is 3.43. The minimum absolute atomic E-state index is 0.345. The lowest BCUT2D eigenvalue weighted by atomic mass is 10.1. The van der Waals surface area contributed by atoms with Crippen molar-refractivity contribution >= 4 is 17.7 Å². The lowest BCUT2D eigenvalue weighted by Gasteiger charge is -2.23. The Hall–Kier alpha value is -2.08. The summed E-state index contributed by atoms with van der Waals surface area (Å²) in [6, 6.07) is 6.07. The molecule has 0 aliphatic carbocycles. The number of anilines is 1. The number of hydrogen-bond acceptors (Lipinski definition) is 3. The zero-order valence-electron chi connectivity index (χ0n) is 12.0. The van der Waals surface area contributed by atoms with Crippen molar-refractivity contribution in [2.45, 2.75) is 25.8 Å². The largest absolute Gasteiger partial charge is 0.480 e. The number of rotatable bonds is 6. The SMILES string of the molecule is CCOCCCNC(=O)N1c2ccccc2CC1C(=O)O. The number of fused-ring (bicyclic) bond motifs is 1. The van der Waals surface area contributed by atoms with E-state index >= 15 is 0 Å². The topological polar surface area (TPSA) is 78.9 Å². The highest BCUT2D eigenvalue weighted by molar-refractivity contribution is 6.01. The average Bonchev–Trinajstić information content (AvgIpc) is 2.86. The van der Waals surface area contributed by atoms with E-state index in [-0.39, 0.29) is 6.03 Å². The van der Waals surface area contributed by atoms with Crippen LogP contribution in [0.2, 0.25) is 0 Å². The number of urea groups is 1. The van der Waals surface area contributed by atoms with E-state index in [0.717, 1.165) is 5.56 Å². The molecule has 1 atom stereocenters. The van der Waals surface area contributed by atoms with E-state index in [9.17, 15) is 14.7 Å². The molecule has 6 nitrogen and oxygen atoms in total. The molecule has 2 N–H and O–H groups in total. The first kappa shape index (κ1) is 15.3. The summed E-state index contributed by atoms with van der Waals surface area (Å²) in [6.45, 7) is 3.60. The molecule has 0 saturated heterocycles. The number of carbonyl (C=O) groups excluding carboxylic acids is 1. The van der Waals surface area contributed by atoms with Gasteiger partial charge < -0.3 is 15.2 Å². The predicted octanol–water partition coefficient (Wildman–Crippen LogP) is 1.64. The van der Waals surface area contributed by atoms with Gasteiger partial charge >= 0.3 is 12.0 Å². The van der Waals surface area contributed by atoms with Crippen molar-refractivity contribution in [3.63, 3.8) is 0 Å². The minimum atomic E-state index is -0.990. The Morgan fingerprint density at radius 1 is 1.43 bits per heavy atom. The fourth-order valence-corrected chi connectivity index (χ4v) is 2.43. The summed E-state index contributed by atoms with van der Waals surface area (Å²) in [5.41, 5.74) is 1.56. The molecule has 0 spiro atoms. The van der Waals surface area contributed by atoms with Crippen LogP contribution in [0.4, 0.5) is 10.5 Å². The highest BCUT2D eigenvalue weighted by Crippen LogP contribution is 2.32. The standard InChI is InChI=1S/C15H20N2O4/c1-2-21-9-5-8-16-15(20)17-12-7-4-3-6-11(12)10-13(17)14(18)19/h3-4,6-7,13H,2,5,8-10H2,1H3,(H,16,20)(H,18,19). The zero-order valence-corrected chi connectivity index (χ0v) is 12.0. The van der Waals surface area contributed by atoms with Crippen LogP contribution in [0.5, 0.6) is 0 Å². The van der Waals surface area contributed by atoms with Crippen molar-refractivity contribution in [1.82, 2.24) is 5.32 Å². The van der Waals surface area contributed by atoms with Crippen LogP contribution >= 0.6 is 0 Å². The summed E-state index contributed by atoms with van der Waals surface area (Å²) in [6.07, 6.45) is 1.05. The molecule has 6 heteroatoms. The van der Waals surface area contributed by atoms with Crippen molar-refractivity contribution in [1.29, 1.82) is 0 Å². The molecule has 114 valence electrons. The second-order valence-electron chi connectivity index (χ2n) is 4.84. The zero-order chi connectivity index (χ0) is 15.2. The predicted molar refractivity (Wildman–Crippen MR) is 78.6 cm³/mol. The van der Waals surface area contributed by atoms with E-state index in [1.54, 1.807) is 12.1 Å². The molecule has 1 heterocycles. The molecule has 1 aromatic carbocycles. The van der Waals surface area contributed by atoms with Gasteiger partial charge in [0.15, 0.2) is 0 Å². The lowest BCUT2D eigenvalue weighted by molar-refractivity contribution is -0.138. The smallest absolute Gasteiger partial charge is 0.327 e. The van der Waals surface area contributed by atoms with E-state index in [1.807, 2.05) is 19.1 Å². The van der Waals surface area contributed by atoms with Crippen LogP contribution in [-0.4, -0.2) is 42.9 Å². The Kier molecular flexibility index (Phi) is 5.16. The number of ether oxygens (including phenoxy) is 1. The van der Waals surface area contributed by atoms with Crippen LogP contribution in [0.15, 0.2) is 24.3 Å². The van der Waals surface area contributed by atoms with Crippen molar-refractivity contribution < 1.29 is 19.4 Å². The molecular weight excluding hydrogens is 272 g/mol. The van der Waals surface area contributed by atoms with E-state index in [0.29, 0.717) is 38.3 Å². The second kappa shape index (κ2) is 7.08. The Balaban J connectivity index is 2.01. The number of para-hydroxylation sites is 1.